The smallest absolute Gasteiger partial charge is 0.241 e. The molecule has 0 aliphatic carbocycles. The van der Waals surface area contributed by atoms with Gasteiger partial charge in [0.1, 0.15) is 12.4 Å². The highest BCUT2D eigenvalue weighted by Gasteiger charge is 2.03. The van der Waals surface area contributed by atoms with Gasteiger partial charge in [-0.25, -0.2) is 4.98 Å². The molecule has 0 saturated heterocycles. The van der Waals surface area contributed by atoms with Crippen molar-refractivity contribution in [3.05, 3.63) is 28.8 Å². The number of nitrogens with zero attached hydrogens (tertiary/aromatic N) is 3. The molecule has 2 aromatic heterocycles. The Morgan fingerprint density at radius 1 is 1.59 bits per heavy atom. The molecule has 17 heavy (non-hydrogen) atoms. The maximum atomic E-state index is 11.5. The molecule has 3 N–H and O–H groups in total. The Balaban J connectivity index is 1.71. The van der Waals surface area contributed by atoms with Crippen LogP contribution < -0.4 is 11.1 Å². The molecule has 2 rings (SSSR count). The summed E-state index contributed by atoms with van der Waals surface area (Å²) in [4.78, 5) is 15.7. The van der Waals surface area contributed by atoms with E-state index >= 15 is 0 Å². The lowest BCUT2D eigenvalue weighted by Crippen LogP contribution is -2.29. The Kier molecular flexibility index (Phi) is 3.71. The summed E-state index contributed by atoms with van der Waals surface area (Å²) in [7, 11) is 0. The number of aromatic nitrogens is 3. The van der Waals surface area contributed by atoms with E-state index in [1.54, 1.807) is 29.8 Å². The summed E-state index contributed by atoms with van der Waals surface area (Å²) >= 11 is 1.59. The molecule has 0 spiro atoms. The quantitative estimate of drug-likeness (QED) is 0.799. The second-order valence-corrected chi connectivity index (χ2v) is 4.44. The van der Waals surface area contributed by atoms with Crippen LogP contribution in [0.3, 0.4) is 0 Å². The fourth-order valence-electron chi connectivity index (χ4n) is 1.35. The topological polar surface area (TPSA) is 85.8 Å². The lowest BCUT2D eigenvalue weighted by atomic mass is 10.4. The van der Waals surface area contributed by atoms with Gasteiger partial charge in [0, 0.05) is 30.7 Å². The summed E-state index contributed by atoms with van der Waals surface area (Å²) < 4.78 is 1.51. The van der Waals surface area contributed by atoms with Crippen molar-refractivity contribution in [2.45, 2.75) is 13.0 Å². The average molecular weight is 251 g/mol. The standard InChI is InChI=1S/C10H13N5OS/c11-8-2-5-15(14-8)7-9(16)12-3-1-10-13-4-6-17-10/h2,4-6H,1,3,7H2,(H2,11,14)(H,12,16). The molecular formula is C10H13N5OS. The van der Waals surface area contributed by atoms with E-state index in [4.69, 9.17) is 5.73 Å². The predicted octanol–water partition coefficient (Wildman–Crippen LogP) is 0.281. The fraction of sp³-hybridized carbons (Fsp3) is 0.300. The van der Waals surface area contributed by atoms with Crippen LogP contribution in [0.2, 0.25) is 0 Å². The number of anilines is 1. The first-order chi connectivity index (χ1) is 8.24. The number of carbonyl (C=O) groups is 1. The van der Waals surface area contributed by atoms with E-state index in [2.05, 4.69) is 15.4 Å². The SMILES string of the molecule is Nc1ccn(CC(=O)NCCc2nccs2)n1. The highest BCUT2D eigenvalue weighted by atomic mass is 32.1. The van der Waals surface area contributed by atoms with Crippen molar-refractivity contribution in [2.75, 3.05) is 12.3 Å². The van der Waals surface area contributed by atoms with Gasteiger partial charge in [-0.15, -0.1) is 11.3 Å². The lowest BCUT2D eigenvalue weighted by molar-refractivity contribution is -0.121. The van der Waals surface area contributed by atoms with Crippen molar-refractivity contribution in [3.8, 4) is 0 Å². The van der Waals surface area contributed by atoms with Gasteiger partial charge in [-0.3, -0.25) is 9.48 Å². The number of hydrogen-bond donors (Lipinski definition) is 2. The number of hydrogen-bond acceptors (Lipinski definition) is 5. The first-order valence-corrected chi connectivity index (χ1v) is 6.06. The Morgan fingerprint density at radius 3 is 3.12 bits per heavy atom. The van der Waals surface area contributed by atoms with Crippen molar-refractivity contribution in [1.29, 1.82) is 0 Å². The molecule has 7 heteroatoms. The van der Waals surface area contributed by atoms with E-state index in [-0.39, 0.29) is 12.5 Å². The summed E-state index contributed by atoms with van der Waals surface area (Å²) in [5.41, 5.74) is 5.45. The third kappa shape index (κ3) is 3.56. The lowest BCUT2D eigenvalue weighted by Gasteiger charge is -2.03. The number of carbonyl (C=O) groups excluding carboxylic acids is 1. The van der Waals surface area contributed by atoms with E-state index in [9.17, 15) is 4.79 Å². The number of nitrogens with one attached hydrogen (secondary N) is 1. The van der Waals surface area contributed by atoms with Gasteiger partial charge in [0.05, 0.1) is 5.01 Å². The zero-order chi connectivity index (χ0) is 12.1. The van der Waals surface area contributed by atoms with Crippen LogP contribution in [0.5, 0.6) is 0 Å². The summed E-state index contributed by atoms with van der Waals surface area (Å²) in [6, 6.07) is 1.66. The molecule has 0 aliphatic rings. The van der Waals surface area contributed by atoms with Gasteiger partial charge >= 0.3 is 0 Å². The van der Waals surface area contributed by atoms with Crippen molar-refractivity contribution in [1.82, 2.24) is 20.1 Å². The van der Waals surface area contributed by atoms with Crippen LogP contribution in [0, 0.1) is 0 Å². The normalized spacial score (nSPS) is 10.4. The number of nitrogens with two attached hydrogens (primary N) is 1. The largest absolute Gasteiger partial charge is 0.382 e. The van der Waals surface area contributed by atoms with Crippen molar-refractivity contribution < 1.29 is 4.79 Å². The van der Waals surface area contributed by atoms with E-state index in [1.807, 2.05) is 5.38 Å². The molecule has 0 bridgehead atoms. The monoisotopic (exact) mass is 251 g/mol. The molecule has 0 fully saturated rings. The van der Waals surface area contributed by atoms with E-state index in [0.717, 1.165) is 11.4 Å². The molecule has 0 radical (unpaired) electrons. The Hall–Kier alpha value is -1.89. The van der Waals surface area contributed by atoms with Crippen LogP contribution >= 0.6 is 11.3 Å². The van der Waals surface area contributed by atoms with Crippen LogP contribution in [-0.2, 0) is 17.8 Å². The first-order valence-electron chi connectivity index (χ1n) is 5.18. The predicted molar refractivity (Wildman–Crippen MR) is 65.5 cm³/mol. The van der Waals surface area contributed by atoms with Gasteiger partial charge in [0.25, 0.3) is 0 Å². The minimum atomic E-state index is -0.0790. The fourth-order valence-corrected chi connectivity index (χ4v) is 1.97. The number of amides is 1. The van der Waals surface area contributed by atoms with E-state index in [0.29, 0.717) is 12.4 Å². The molecule has 6 nitrogen and oxygen atoms in total. The molecule has 2 heterocycles. The van der Waals surface area contributed by atoms with Crippen molar-refractivity contribution in [3.63, 3.8) is 0 Å². The van der Waals surface area contributed by atoms with Crippen molar-refractivity contribution in [2.24, 2.45) is 0 Å². The molecule has 0 atom stereocenters. The number of thiazole rings is 1. The Labute approximate surface area is 102 Å². The second-order valence-electron chi connectivity index (χ2n) is 3.46. The molecule has 1 amide bonds. The van der Waals surface area contributed by atoms with E-state index in [1.165, 1.54) is 4.68 Å². The molecule has 0 aliphatic heterocycles. The second kappa shape index (κ2) is 5.44. The molecule has 90 valence electrons. The maximum Gasteiger partial charge on any atom is 0.241 e. The minimum absolute atomic E-state index is 0.0790. The first kappa shape index (κ1) is 11.6. The van der Waals surface area contributed by atoms with Gasteiger partial charge in [-0.2, -0.15) is 5.10 Å². The maximum absolute atomic E-state index is 11.5. The molecule has 0 unspecified atom stereocenters. The van der Waals surface area contributed by atoms with Crippen LogP contribution in [0.15, 0.2) is 23.8 Å². The summed E-state index contributed by atoms with van der Waals surface area (Å²) in [6.45, 7) is 0.776. The molecular weight excluding hydrogens is 238 g/mol. The zero-order valence-electron chi connectivity index (χ0n) is 9.17. The van der Waals surface area contributed by atoms with Gasteiger partial charge in [0.2, 0.25) is 5.91 Å². The third-order valence-corrected chi connectivity index (χ3v) is 2.95. The van der Waals surface area contributed by atoms with Crippen LogP contribution in [0.4, 0.5) is 5.82 Å². The van der Waals surface area contributed by atoms with Crippen LogP contribution in [0.1, 0.15) is 5.01 Å². The van der Waals surface area contributed by atoms with Gasteiger partial charge in [0.15, 0.2) is 0 Å². The summed E-state index contributed by atoms with van der Waals surface area (Å²) in [5.74, 6) is 0.338. The van der Waals surface area contributed by atoms with E-state index < -0.39 is 0 Å². The third-order valence-electron chi connectivity index (χ3n) is 2.11. The van der Waals surface area contributed by atoms with Gasteiger partial charge < -0.3 is 11.1 Å². The van der Waals surface area contributed by atoms with Crippen LogP contribution in [-0.4, -0.2) is 27.2 Å². The zero-order valence-corrected chi connectivity index (χ0v) is 9.98. The summed E-state index contributed by atoms with van der Waals surface area (Å²) in [6.07, 6.45) is 4.19. The van der Waals surface area contributed by atoms with Crippen molar-refractivity contribution >= 4 is 23.1 Å². The molecule has 0 saturated carbocycles. The minimum Gasteiger partial charge on any atom is -0.382 e. The average Bonchev–Trinajstić information content (AvgIpc) is 2.90. The highest BCUT2D eigenvalue weighted by Crippen LogP contribution is 2.03. The molecule has 2 aromatic rings. The number of nitrogen functional groups attached to an aromatic ring is 1. The van der Waals surface area contributed by atoms with Crippen LogP contribution in [0.25, 0.3) is 0 Å². The molecule has 0 aromatic carbocycles. The summed E-state index contributed by atoms with van der Waals surface area (Å²) in [5, 5.41) is 9.68. The van der Waals surface area contributed by atoms with Gasteiger partial charge in [-0.05, 0) is 6.07 Å². The highest BCUT2D eigenvalue weighted by molar-refractivity contribution is 7.09. The Morgan fingerprint density at radius 2 is 2.47 bits per heavy atom. The van der Waals surface area contributed by atoms with Gasteiger partial charge in [-0.1, -0.05) is 0 Å². The Bertz CT molecular complexity index is 479. The number of rotatable bonds is 5.